The van der Waals surface area contributed by atoms with E-state index in [-0.39, 0.29) is 0 Å². The van der Waals surface area contributed by atoms with Crippen molar-refractivity contribution in [2.45, 2.75) is 10.8 Å². The molecule has 0 N–H and O–H groups in total. The van der Waals surface area contributed by atoms with E-state index in [4.69, 9.17) is 0 Å². The third-order valence-corrected chi connectivity index (χ3v) is 26.2. The van der Waals surface area contributed by atoms with Gasteiger partial charge in [0.05, 0.1) is 32.9 Å². The summed E-state index contributed by atoms with van der Waals surface area (Å²) in [5, 5.41) is 9.83. The Morgan fingerprint density at radius 3 is 0.684 bits per heavy atom. The number of fused-ring (bicyclic) bond motifs is 28. The van der Waals surface area contributed by atoms with Gasteiger partial charge >= 0.3 is 0 Å². The molecule has 4 aliphatic carbocycles. The average molecular weight is 1440 g/mol. The van der Waals surface area contributed by atoms with Crippen molar-refractivity contribution in [2.24, 2.45) is 0 Å². The molecule has 526 valence electrons. The van der Waals surface area contributed by atoms with E-state index in [0.29, 0.717) is 0 Å². The molecule has 0 unspecified atom stereocenters. The third-order valence-electron chi connectivity index (χ3n) is 26.2. The smallest absolute Gasteiger partial charge is 0.0725 e. The van der Waals surface area contributed by atoms with Crippen molar-refractivity contribution in [3.63, 3.8) is 0 Å². The van der Waals surface area contributed by atoms with Crippen molar-refractivity contribution < 1.29 is 0 Å². The van der Waals surface area contributed by atoms with Gasteiger partial charge in [-0.25, -0.2) is 0 Å². The van der Waals surface area contributed by atoms with Gasteiger partial charge in [0, 0.05) is 32.9 Å². The standard InChI is InChI=1S/C112H68N2/c1-3-23-69(24-4-1)73-49-59-105-93(63-73)94-64-74(50-60-106(94)114(105)80-55-45-72(46-56-80)110-91-35-9-7-33-89(91)109(71-25-5-2-6-26-71)90-34-8-10-36-92(90)110)70-43-53-79(54-44-70)113-107-61-51-75(77-47-57-87-85-31-15-21-41-101(85)111(103(87)67-77)97-37-17-11-27-81(97)82-28-12-18-38-98(82)111)65-95(107)96-66-76(52-62-108(96)113)78-48-58-88-86-32-16-22-42-102(86)112(104(88)68-78)99-39-19-13-29-83(99)84-30-14-20-40-100(84)112/h1-68H. The first-order valence-electron chi connectivity index (χ1n) is 39.9. The number of nitrogens with zero attached hydrogens (tertiary/aromatic N) is 2. The first-order valence-corrected chi connectivity index (χ1v) is 39.9. The Bertz CT molecular complexity index is 7260. The van der Waals surface area contributed by atoms with E-state index in [1.54, 1.807) is 0 Å². The van der Waals surface area contributed by atoms with Crippen LogP contribution in [0.3, 0.4) is 0 Å². The number of hydrogen-bond donors (Lipinski definition) is 0. The third kappa shape index (κ3) is 8.63. The summed E-state index contributed by atoms with van der Waals surface area (Å²) in [6, 6.07) is 156. The van der Waals surface area contributed by atoms with Gasteiger partial charge < -0.3 is 9.13 Å². The Morgan fingerprint density at radius 1 is 0.140 bits per heavy atom. The van der Waals surface area contributed by atoms with Gasteiger partial charge in [-0.1, -0.05) is 328 Å². The van der Waals surface area contributed by atoms with Crippen LogP contribution in [0.4, 0.5) is 0 Å². The number of benzene rings is 19. The highest BCUT2D eigenvalue weighted by Gasteiger charge is 2.53. The van der Waals surface area contributed by atoms with Crippen LogP contribution in [0.5, 0.6) is 0 Å². The maximum Gasteiger partial charge on any atom is 0.0725 e. The van der Waals surface area contributed by atoms with E-state index in [9.17, 15) is 0 Å². The summed E-state index contributed by atoms with van der Waals surface area (Å²) in [7, 11) is 0. The Hall–Kier alpha value is -14.7. The Kier molecular flexibility index (Phi) is 13.2. The minimum atomic E-state index is -0.455. The fourth-order valence-electron chi connectivity index (χ4n) is 21.4. The van der Waals surface area contributed by atoms with Crippen molar-refractivity contribution in [2.75, 3.05) is 0 Å². The molecular formula is C112H68N2. The predicted octanol–water partition coefficient (Wildman–Crippen LogP) is 28.9. The maximum atomic E-state index is 2.53. The topological polar surface area (TPSA) is 9.86 Å². The molecule has 19 aromatic carbocycles. The zero-order chi connectivity index (χ0) is 74.5. The van der Waals surface area contributed by atoms with E-state index < -0.39 is 10.8 Å². The second kappa shape index (κ2) is 23.9. The van der Waals surface area contributed by atoms with E-state index in [2.05, 4.69) is 422 Å². The molecule has 114 heavy (non-hydrogen) atoms. The summed E-state index contributed by atoms with van der Waals surface area (Å²) in [6.07, 6.45) is 0. The molecule has 2 nitrogen and oxygen atoms in total. The van der Waals surface area contributed by atoms with E-state index in [1.807, 2.05) is 0 Å². The van der Waals surface area contributed by atoms with Crippen molar-refractivity contribution in [3.8, 4) is 123 Å². The molecule has 0 radical (unpaired) electrons. The molecule has 4 aliphatic rings. The lowest BCUT2D eigenvalue weighted by Crippen LogP contribution is -2.25. The lowest BCUT2D eigenvalue weighted by molar-refractivity contribution is 0.794. The normalized spacial score (nSPS) is 13.4. The molecule has 0 aliphatic heterocycles. The number of aromatic nitrogens is 2. The second-order valence-corrected chi connectivity index (χ2v) is 31.6. The molecule has 2 spiro atoms. The minimum absolute atomic E-state index is 0.455. The zero-order valence-corrected chi connectivity index (χ0v) is 62.2. The van der Waals surface area contributed by atoms with Gasteiger partial charge in [0.25, 0.3) is 0 Å². The molecule has 2 heteroatoms. The molecule has 0 fully saturated rings. The molecule has 25 rings (SSSR count). The summed E-state index contributed by atoms with van der Waals surface area (Å²) < 4.78 is 4.97. The van der Waals surface area contributed by atoms with Crippen molar-refractivity contribution in [1.82, 2.24) is 9.13 Å². The molecule has 0 amide bonds. The van der Waals surface area contributed by atoms with Crippen LogP contribution in [0.2, 0.25) is 0 Å². The summed E-state index contributed by atoms with van der Waals surface area (Å²) in [5.74, 6) is 0. The lowest BCUT2D eigenvalue weighted by atomic mass is 9.70. The number of rotatable bonds is 8. The van der Waals surface area contributed by atoms with Crippen LogP contribution in [-0.4, -0.2) is 9.13 Å². The predicted molar refractivity (Wildman–Crippen MR) is 475 cm³/mol. The van der Waals surface area contributed by atoms with Crippen LogP contribution >= 0.6 is 0 Å². The molecule has 21 aromatic rings. The molecule has 2 aromatic heterocycles. The fourth-order valence-corrected chi connectivity index (χ4v) is 21.4. The van der Waals surface area contributed by atoms with Crippen molar-refractivity contribution in [1.29, 1.82) is 0 Å². The Morgan fingerprint density at radius 2 is 0.360 bits per heavy atom. The molecule has 0 bridgehead atoms. The Balaban J connectivity index is 0.636. The molecule has 0 saturated heterocycles. The van der Waals surface area contributed by atoms with Crippen LogP contribution in [0.25, 0.3) is 188 Å². The highest BCUT2D eigenvalue weighted by molar-refractivity contribution is 6.22. The lowest BCUT2D eigenvalue weighted by Gasteiger charge is -2.30. The summed E-state index contributed by atoms with van der Waals surface area (Å²) in [4.78, 5) is 0. The van der Waals surface area contributed by atoms with Crippen LogP contribution in [0.1, 0.15) is 44.5 Å². The van der Waals surface area contributed by atoms with Gasteiger partial charge in [-0.3, -0.25) is 0 Å². The average Bonchev–Trinajstić information content (AvgIpc) is 1.51. The van der Waals surface area contributed by atoms with Gasteiger partial charge in [0.2, 0.25) is 0 Å². The summed E-state index contributed by atoms with van der Waals surface area (Å²) in [5.41, 5.74) is 41.6. The molecule has 0 atom stereocenters. The van der Waals surface area contributed by atoms with E-state index in [1.165, 1.54) is 188 Å². The van der Waals surface area contributed by atoms with Gasteiger partial charge in [0.1, 0.15) is 0 Å². The fraction of sp³-hybridized carbons (Fsp3) is 0.0179. The monoisotopic (exact) mass is 1440 g/mol. The van der Waals surface area contributed by atoms with Gasteiger partial charge in [-0.2, -0.15) is 0 Å². The second-order valence-electron chi connectivity index (χ2n) is 31.6. The number of hydrogen-bond acceptors (Lipinski definition) is 0. The highest BCUT2D eigenvalue weighted by Crippen LogP contribution is 2.65. The zero-order valence-electron chi connectivity index (χ0n) is 62.2. The van der Waals surface area contributed by atoms with Crippen LogP contribution in [-0.2, 0) is 10.8 Å². The summed E-state index contributed by atoms with van der Waals surface area (Å²) in [6.45, 7) is 0. The molecule has 0 saturated carbocycles. The first kappa shape index (κ1) is 63.1. The SMILES string of the molecule is c1ccc(-c2ccc3c(c2)c2cc(-c4ccc(-n5c6ccc(-c7ccc8c(c7)C7(c9ccccc9-c9ccccc97)c7ccccc7-8)cc6c6cc(-c7ccc8c(c7)C7(c9ccccc9-c9ccccc97)c7ccccc7-8)ccc65)cc4)ccc2n3-c2ccc(-c3c4ccccc4c(-c4ccccc4)c4ccccc34)cc2)cc1. The maximum absolute atomic E-state index is 2.53. The van der Waals surface area contributed by atoms with Crippen LogP contribution < -0.4 is 0 Å². The van der Waals surface area contributed by atoms with Crippen LogP contribution in [0, 0.1) is 0 Å². The van der Waals surface area contributed by atoms with Crippen molar-refractivity contribution in [3.05, 3.63) is 457 Å². The van der Waals surface area contributed by atoms with Gasteiger partial charge in [-0.15, -0.1) is 0 Å². The van der Waals surface area contributed by atoms with E-state index >= 15 is 0 Å². The quantitative estimate of drug-likeness (QED) is 0.134. The van der Waals surface area contributed by atoms with E-state index in [0.717, 1.165) is 44.6 Å². The largest absolute Gasteiger partial charge is 0.309 e. The van der Waals surface area contributed by atoms with Crippen molar-refractivity contribution >= 4 is 65.2 Å². The minimum Gasteiger partial charge on any atom is -0.309 e. The van der Waals surface area contributed by atoms with Gasteiger partial charge in [-0.05, 0) is 262 Å². The molecule has 2 heterocycles. The first-order chi connectivity index (χ1) is 56.5. The highest BCUT2D eigenvalue weighted by atomic mass is 15.0. The summed E-state index contributed by atoms with van der Waals surface area (Å²) >= 11 is 0. The van der Waals surface area contributed by atoms with Gasteiger partial charge in [0.15, 0.2) is 0 Å². The Labute approximate surface area is 660 Å². The molecular weight excluding hydrogens is 1370 g/mol. The van der Waals surface area contributed by atoms with Crippen LogP contribution in [0.15, 0.2) is 413 Å².